The number of anilines is 1. The highest BCUT2D eigenvalue weighted by molar-refractivity contribution is 5.94. The predicted molar refractivity (Wildman–Crippen MR) is 86.6 cm³/mol. The van der Waals surface area contributed by atoms with Crippen LogP contribution in [0.25, 0.3) is 11.0 Å². The first kappa shape index (κ1) is 13.8. The minimum Gasteiger partial charge on any atom is -0.326 e. The first-order chi connectivity index (χ1) is 10.6. The van der Waals surface area contributed by atoms with Gasteiger partial charge in [0.1, 0.15) is 5.82 Å². The van der Waals surface area contributed by atoms with E-state index in [1.54, 1.807) is 0 Å². The maximum absolute atomic E-state index is 11.8. The molecule has 1 aliphatic carbocycles. The van der Waals surface area contributed by atoms with E-state index in [0.29, 0.717) is 0 Å². The van der Waals surface area contributed by atoms with Crippen molar-refractivity contribution in [2.45, 2.75) is 45.8 Å². The third kappa shape index (κ3) is 2.39. The molecule has 0 bridgehead atoms. The SMILES string of the molecule is CC(C)C(=O)Nc1ccc2c(c1)nc1n2CCN(C2CC2)C1. The zero-order chi connectivity index (χ0) is 15.3. The molecule has 2 heterocycles. The van der Waals surface area contributed by atoms with Crippen LogP contribution < -0.4 is 5.32 Å². The molecular weight excluding hydrogens is 276 g/mol. The zero-order valence-corrected chi connectivity index (χ0v) is 13.2. The zero-order valence-electron chi connectivity index (χ0n) is 13.2. The highest BCUT2D eigenvalue weighted by atomic mass is 16.1. The van der Waals surface area contributed by atoms with Crippen LogP contribution in [-0.2, 0) is 17.9 Å². The second kappa shape index (κ2) is 5.09. The largest absolute Gasteiger partial charge is 0.326 e. The molecule has 2 aliphatic rings. The van der Waals surface area contributed by atoms with Gasteiger partial charge in [-0.2, -0.15) is 0 Å². The number of nitrogens with one attached hydrogen (secondary N) is 1. The molecule has 0 unspecified atom stereocenters. The summed E-state index contributed by atoms with van der Waals surface area (Å²) in [5.41, 5.74) is 2.99. The second-order valence-corrected chi connectivity index (χ2v) is 6.73. The third-order valence-corrected chi connectivity index (χ3v) is 4.64. The Morgan fingerprint density at radius 2 is 2.14 bits per heavy atom. The number of benzene rings is 1. The highest BCUT2D eigenvalue weighted by Gasteiger charge is 2.32. The molecule has 0 atom stereocenters. The quantitative estimate of drug-likeness (QED) is 0.947. The van der Waals surface area contributed by atoms with Crippen molar-refractivity contribution >= 4 is 22.6 Å². The van der Waals surface area contributed by atoms with Crippen LogP contribution in [0.2, 0.25) is 0 Å². The number of carbonyl (C=O) groups excluding carboxylic acids is 1. The van der Waals surface area contributed by atoms with Gasteiger partial charge in [0.25, 0.3) is 0 Å². The Balaban J connectivity index is 1.62. The van der Waals surface area contributed by atoms with Crippen LogP contribution in [0.15, 0.2) is 18.2 Å². The molecular formula is C17H22N4O. The summed E-state index contributed by atoms with van der Waals surface area (Å²) in [6.07, 6.45) is 2.68. The summed E-state index contributed by atoms with van der Waals surface area (Å²) < 4.78 is 2.32. The van der Waals surface area contributed by atoms with Crippen molar-refractivity contribution < 1.29 is 4.79 Å². The fourth-order valence-corrected chi connectivity index (χ4v) is 3.15. The lowest BCUT2D eigenvalue weighted by molar-refractivity contribution is -0.118. The van der Waals surface area contributed by atoms with E-state index in [-0.39, 0.29) is 11.8 Å². The van der Waals surface area contributed by atoms with Crippen molar-refractivity contribution in [2.75, 3.05) is 11.9 Å². The normalized spacial score (nSPS) is 18.7. The molecule has 0 radical (unpaired) electrons. The smallest absolute Gasteiger partial charge is 0.226 e. The van der Waals surface area contributed by atoms with E-state index in [1.807, 2.05) is 26.0 Å². The lowest BCUT2D eigenvalue weighted by atomic mass is 10.2. The van der Waals surface area contributed by atoms with Gasteiger partial charge in [-0.1, -0.05) is 13.8 Å². The van der Waals surface area contributed by atoms with Crippen molar-refractivity contribution in [1.29, 1.82) is 0 Å². The number of aromatic nitrogens is 2. The minimum absolute atomic E-state index is 0.0157. The van der Waals surface area contributed by atoms with Gasteiger partial charge in [-0.25, -0.2) is 4.98 Å². The topological polar surface area (TPSA) is 50.2 Å². The van der Waals surface area contributed by atoms with Crippen LogP contribution in [-0.4, -0.2) is 32.9 Å². The number of nitrogens with zero attached hydrogens (tertiary/aromatic N) is 3. The lowest BCUT2D eigenvalue weighted by Crippen LogP contribution is -2.35. The average Bonchev–Trinajstić information content (AvgIpc) is 3.27. The van der Waals surface area contributed by atoms with E-state index in [1.165, 1.54) is 18.4 Å². The van der Waals surface area contributed by atoms with E-state index >= 15 is 0 Å². The Labute approximate surface area is 130 Å². The van der Waals surface area contributed by atoms with Crippen LogP contribution in [0.5, 0.6) is 0 Å². The van der Waals surface area contributed by atoms with Crippen LogP contribution in [0.1, 0.15) is 32.5 Å². The third-order valence-electron chi connectivity index (χ3n) is 4.64. The van der Waals surface area contributed by atoms with Gasteiger partial charge in [-0.15, -0.1) is 0 Å². The number of hydrogen-bond acceptors (Lipinski definition) is 3. The van der Waals surface area contributed by atoms with Gasteiger partial charge >= 0.3 is 0 Å². The van der Waals surface area contributed by atoms with Crippen molar-refractivity contribution in [3.05, 3.63) is 24.0 Å². The molecule has 5 heteroatoms. The molecule has 1 N–H and O–H groups in total. The monoisotopic (exact) mass is 298 g/mol. The second-order valence-electron chi connectivity index (χ2n) is 6.73. The molecule has 1 fully saturated rings. The van der Waals surface area contributed by atoms with Gasteiger partial charge in [0.2, 0.25) is 5.91 Å². The van der Waals surface area contributed by atoms with Gasteiger partial charge in [-0.3, -0.25) is 9.69 Å². The van der Waals surface area contributed by atoms with E-state index in [9.17, 15) is 4.79 Å². The predicted octanol–water partition coefficient (Wildman–Crippen LogP) is 2.61. The molecule has 1 aromatic carbocycles. The molecule has 0 spiro atoms. The Hall–Kier alpha value is -1.88. The summed E-state index contributed by atoms with van der Waals surface area (Å²) in [5, 5.41) is 2.95. The number of carbonyl (C=O) groups is 1. The van der Waals surface area contributed by atoms with Gasteiger partial charge in [0, 0.05) is 30.7 Å². The van der Waals surface area contributed by atoms with E-state index in [0.717, 1.165) is 42.7 Å². The molecule has 5 nitrogen and oxygen atoms in total. The number of fused-ring (bicyclic) bond motifs is 3. The maximum Gasteiger partial charge on any atom is 0.226 e. The molecule has 4 rings (SSSR count). The van der Waals surface area contributed by atoms with Crippen LogP contribution in [0, 0.1) is 5.92 Å². The highest BCUT2D eigenvalue weighted by Crippen LogP contribution is 2.31. The van der Waals surface area contributed by atoms with Gasteiger partial charge in [0.15, 0.2) is 0 Å². The first-order valence-electron chi connectivity index (χ1n) is 8.16. The summed E-state index contributed by atoms with van der Waals surface area (Å²) in [5.74, 6) is 1.18. The van der Waals surface area contributed by atoms with Crippen LogP contribution in [0.4, 0.5) is 5.69 Å². The van der Waals surface area contributed by atoms with Gasteiger partial charge in [0.05, 0.1) is 17.6 Å². The van der Waals surface area contributed by atoms with Crippen molar-refractivity contribution in [1.82, 2.24) is 14.5 Å². The Kier molecular flexibility index (Phi) is 3.18. The first-order valence-corrected chi connectivity index (χ1v) is 8.16. The summed E-state index contributed by atoms with van der Waals surface area (Å²) in [4.78, 5) is 19.2. The van der Waals surface area contributed by atoms with E-state index in [2.05, 4.69) is 20.9 Å². The van der Waals surface area contributed by atoms with Crippen LogP contribution >= 0.6 is 0 Å². The Morgan fingerprint density at radius 3 is 2.86 bits per heavy atom. The molecule has 2 aromatic rings. The molecule has 22 heavy (non-hydrogen) atoms. The Bertz CT molecular complexity index is 730. The fourth-order valence-electron chi connectivity index (χ4n) is 3.15. The number of hydrogen-bond donors (Lipinski definition) is 1. The lowest BCUT2D eigenvalue weighted by Gasteiger charge is -2.27. The van der Waals surface area contributed by atoms with Crippen molar-refractivity contribution in [3.63, 3.8) is 0 Å². The summed E-state index contributed by atoms with van der Waals surface area (Å²) >= 11 is 0. The van der Waals surface area contributed by atoms with E-state index < -0.39 is 0 Å². The Morgan fingerprint density at radius 1 is 1.32 bits per heavy atom. The molecule has 1 aromatic heterocycles. The summed E-state index contributed by atoms with van der Waals surface area (Å²) in [6.45, 7) is 6.88. The molecule has 1 aliphatic heterocycles. The number of amides is 1. The summed E-state index contributed by atoms with van der Waals surface area (Å²) in [7, 11) is 0. The minimum atomic E-state index is -0.0157. The van der Waals surface area contributed by atoms with Crippen LogP contribution in [0.3, 0.4) is 0 Å². The average molecular weight is 298 g/mol. The molecule has 0 saturated heterocycles. The molecule has 116 valence electrons. The molecule has 1 amide bonds. The maximum atomic E-state index is 11.8. The van der Waals surface area contributed by atoms with Gasteiger partial charge in [-0.05, 0) is 31.0 Å². The fraction of sp³-hybridized carbons (Fsp3) is 0.529. The number of imidazole rings is 1. The van der Waals surface area contributed by atoms with Crippen molar-refractivity contribution in [3.8, 4) is 0 Å². The summed E-state index contributed by atoms with van der Waals surface area (Å²) in [6, 6.07) is 6.83. The standard InChI is InChI=1S/C17H22N4O/c1-11(2)17(22)18-12-3-6-15-14(9-12)19-16-10-20(13-4-5-13)7-8-21(15)16/h3,6,9,11,13H,4-5,7-8,10H2,1-2H3,(H,18,22). The van der Waals surface area contributed by atoms with Crippen molar-refractivity contribution in [2.24, 2.45) is 5.92 Å². The number of rotatable bonds is 3. The van der Waals surface area contributed by atoms with Gasteiger partial charge < -0.3 is 9.88 Å². The van der Waals surface area contributed by atoms with E-state index in [4.69, 9.17) is 4.98 Å². The molecule has 1 saturated carbocycles.